The smallest absolute Gasteiger partial charge is 0.265 e. The minimum absolute atomic E-state index is 0.207. The van der Waals surface area contributed by atoms with Crippen molar-refractivity contribution in [2.24, 2.45) is 0 Å². The van der Waals surface area contributed by atoms with Crippen molar-refractivity contribution in [3.05, 3.63) is 130 Å². The molecule has 15 heteroatoms. The van der Waals surface area contributed by atoms with Crippen LogP contribution in [0.1, 0.15) is 121 Å². The van der Waals surface area contributed by atoms with E-state index in [1.807, 2.05) is 12.1 Å². The highest BCUT2D eigenvalue weighted by Gasteiger charge is 2.50. The molecule has 0 bridgehead atoms. The standard InChI is InChI=1S/C57H72N2O11S2/c1-7-56(8-2)47(58(30-14-32-71(64,65)66)44-25-20-40-16-11-12-19-43(40)50(44)56)28-22-38-17-13-18-39(42(38)24-27-46-52(60)53(61)54(62)55(63)70-46)23-29-48-57(9-3,10-4)51-45(59(48)31-15-33-72(67,68)69)26-21-41-35-36(5)34-37(6)49(41)51/h11-12,16,19-23,25-26,28-29,34-35,46,52-55,60-63H,7-10,13-15,17-18,24,27,30-33H2,1-6H3,(H-,64,65,66,67,68,69)/p+1. The number of rotatable bonds is 18. The Labute approximate surface area is 425 Å². The average Bonchev–Trinajstić information content (AvgIpc) is 3.77. The van der Waals surface area contributed by atoms with Crippen molar-refractivity contribution in [1.82, 2.24) is 0 Å². The Bertz CT molecular complexity index is 3110. The molecule has 3 aliphatic heterocycles. The predicted molar refractivity (Wildman–Crippen MR) is 285 cm³/mol. The molecule has 6 N–H and O–H groups in total. The zero-order chi connectivity index (χ0) is 51.9. The number of benzene rings is 4. The zero-order valence-electron chi connectivity index (χ0n) is 42.5. The molecule has 0 radical (unpaired) electrons. The van der Waals surface area contributed by atoms with Crippen LogP contribution in [0, 0.1) is 13.8 Å². The van der Waals surface area contributed by atoms with Crippen LogP contribution in [0.5, 0.6) is 0 Å². The molecule has 72 heavy (non-hydrogen) atoms. The average molecular weight is 1030 g/mol. The van der Waals surface area contributed by atoms with E-state index in [0.29, 0.717) is 19.5 Å². The maximum Gasteiger partial charge on any atom is 0.265 e. The summed E-state index contributed by atoms with van der Waals surface area (Å²) in [7, 11) is -8.42. The lowest BCUT2D eigenvalue weighted by Crippen LogP contribution is -2.57. The van der Waals surface area contributed by atoms with Crippen LogP contribution in [0.15, 0.2) is 107 Å². The number of allylic oxidation sites excluding steroid dienone is 8. The second-order valence-electron chi connectivity index (χ2n) is 20.4. The van der Waals surface area contributed by atoms with Gasteiger partial charge in [-0.25, -0.2) is 0 Å². The number of fused-ring (bicyclic) bond motifs is 6. The lowest BCUT2D eigenvalue weighted by atomic mass is 9.71. The largest absolute Gasteiger partial charge is 0.388 e. The van der Waals surface area contributed by atoms with E-state index < -0.39 is 61.8 Å². The third kappa shape index (κ3) is 10.2. The number of ether oxygens (including phenoxy) is 1. The lowest BCUT2D eigenvalue weighted by Gasteiger charge is -2.38. The highest BCUT2D eigenvalue weighted by Crippen LogP contribution is 2.56. The summed E-state index contributed by atoms with van der Waals surface area (Å²) in [6.45, 7) is 13.7. The van der Waals surface area contributed by atoms with Gasteiger partial charge in [0.25, 0.3) is 20.2 Å². The van der Waals surface area contributed by atoms with Crippen molar-refractivity contribution in [2.75, 3.05) is 29.5 Å². The number of anilines is 1. The van der Waals surface area contributed by atoms with Gasteiger partial charge in [-0.2, -0.15) is 21.4 Å². The molecule has 0 saturated carbocycles. The number of aliphatic hydroxyl groups is 4. The van der Waals surface area contributed by atoms with Crippen molar-refractivity contribution in [1.29, 1.82) is 0 Å². The highest BCUT2D eigenvalue weighted by molar-refractivity contribution is 7.86. The molecule has 4 aromatic carbocycles. The molecule has 5 unspecified atom stereocenters. The Kier molecular flexibility index (Phi) is 15.9. The topological polar surface area (TPSA) is 205 Å². The number of aryl methyl sites for hydroxylation is 2. The normalized spacial score (nSPS) is 24.4. The Morgan fingerprint density at radius 3 is 2.12 bits per heavy atom. The molecule has 3 heterocycles. The van der Waals surface area contributed by atoms with E-state index in [2.05, 4.69) is 124 Å². The van der Waals surface area contributed by atoms with E-state index in [4.69, 9.17) is 4.74 Å². The first-order chi connectivity index (χ1) is 34.2. The predicted octanol–water partition coefficient (Wildman–Crippen LogP) is 9.33. The fraction of sp³-hybridized carbons (Fsp3) is 0.491. The van der Waals surface area contributed by atoms with E-state index in [1.165, 1.54) is 22.1 Å². The summed E-state index contributed by atoms with van der Waals surface area (Å²) >= 11 is 0. The molecule has 0 spiro atoms. The number of hydrogen-bond acceptors (Lipinski definition) is 10. The fourth-order valence-electron chi connectivity index (χ4n) is 12.8. The number of aliphatic hydroxyl groups excluding tert-OH is 4. The molecule has 388 valence electrons. The molecule has 1 saturated heterocycles. The molecule has 1 fully saturated rings. The SMILES string of the molecule is CCC1(CC)C(/C=C/C2=C(CCC3OC(O)C(O)C(O)C3O)C(=C/C=C3/N(CCCS(=O)(=O)O)c4ccc5cc(C)cc(C)c5c4C3(CC)CC)/CCC2)=[N+](CCCS(=O)(=O)O)c2ccc3ccccc3c21. The van der Waals surface area contributed by atoms with E-state index in [1.54, 1.807) is 0 Å². The first-order valence-corrected chi connectivity index (χ1v) is 29.0. The van der Waals surface area contributed by atoms with Crippen LogP contribution in [-0.2, 0) is 35.8 Å². The van der Waals surface area contributed by atoms with Gasteiger partial charge in [-0.05, 0) is 146 Å². The van der Waals surface area contributed by atoms with Crippen LogP contribution < -0.4 is 4.90 Å². The Morgan fingerprint density at radius 1 is 0.750 bits per heavy atom. The van der Waals surface area contributed by atoms with Gasteiger partial charge < -0.3 is 30.1 Å². The molecule has 0 amide bonds. The van der Waals surface area contributed by atoms with Gasteiger partial charge in [-0.15, -0.1) is 0 Å². The van der Waals surface area contributed by atoms with Crippen molar-refractivity contribution in [3.63, 3.8) is 0 Å². The third-order valence-corrected chi connectivity index (χ3v) is 18.0. The van der Waals surface area contributed by atoms with Gasteiger partial charge in [0.2, 0.25) is 5.69 Å². The Morgan fingerprint density at radius 2 is 1.43 bits per heavy atom. The molecular weight excluding hydrogens is 953 g/mol. The zero-order valence-corrected chi connectivity index (χ0v) is 44.1. The van der Waals surface area contributed by atoms with Crippen molar-refractivity contribution < 1.29 is 55.7 Å². The third-order valence-electron chi connectivity index (χ3n) is 16.3. The van der Waals surface area contributed by atoms with Gasteiger partial charge in [0.05, 0.1) is 23.0 Å². The molecular formula is C57H73N2O11S2+. The van der Waals surface area contributed by atoms with Crippen LogP contribution in [0.2, 0.25) is 0 Å². The Balaban J connectivity index is 1.30. The quantitative estimate of drug-likeness (QED) is 0.0408. The van der Waals surface area contributed by atoms with Crippen LogP contribution in [-0.4, -0.2) is 112 Å². The minimum atomic E-state index is -4.21. The van der Waals surface area contributed by atoms with Gasteiger partial charge >= 0.3 is 0 Å². The van der Waals surface area contributed by atoms with E-state index >= 15 is 0 Å². The summed E-state index contributed by atoms with van der Waals surface area (Å²) in [5, 5.41) is 47.3. The lowest BCUT2D eigenvalue weighted by molar-refractivity contribution is -0.437. The van der Waals surface area contributed by atoms with E-state index in [0.717, 1.165) is 106 Å². The maximum atomic E-state index is 12.1. The summed E-state index contributed by atoms with van der Waals surface area (Å²) in [6.07, 6.45) is 7.73. The maximum absolute atomic E-state index is 12.1. The van der Waals surface area contributed by atoms with Gasteiger partial charge in [0.15, 0.2) is 12.0 Å². The van der Waals surface area contributed by atoms with Gasteiger partial charge in [-0.3, -0.25) is 9.11 Å². The molecule has 8 rings (SSSR count). The summed E-state index contributed by atoms with van der Waals surface area (Å²) < 4.78 is 75.8. The number of nitrogens with zero attached hydrogens (tertiary/aromatic N) is 2. The first-order valence-electron chi connectivity index (χ1n) is 25.8. The van der Waals surface area contributed by atoms with E-state index in [-0.39, 0.29) is 30.8 Å². The molecule has 4 aliphatic rings. The van der Waals surface area contributed by atoms with E-state index in [9.17, 15) is 46.4 Å². The summed E-state index contributed by atoms with van der Waals surface area (Å²) in [5.41, 5.74) is 11.1. The van der Waals surface area contributed by atoms with Crippen LogP contribution in [0.4, 0.5) is 11.4 Å². The second kappa shape index (κ2) is 21.4. The minimum Gasteiger partial charge on any atom is -0.388 e. The second-order valence-corrected chi connectivity index (χ2v) is 23.5. The van der Waals surface area contributed by atoms with Crippen LogP contribution in [0.25, 0.3) is 21.5 Å². The summed E-state index contributed by atoms with van der Waals surface area (Å²) in [4.78, 5) is 2.24. The number of hydrogen-bond donors (Lipinski definition) is 6. The van der Waals surface area contributed by atoms with Crippen molar-refractivity contribution in [3.8, 4) is 0 Å². The van der Waals surface area contributed by atoms with Gasteiger partial charge in [0.1, 0.15) is 24.9 Å². The Hall–Kier alpha value is -4.55. The highest BCUT2D eigenvalue weighted by atomic mass is 32.2. The molecule has 13 nitrogen and oxygen atoms in total. The van der Waals surface area contributed by atoms with Crippen molar-refractivity contribution in [2.45, 2.75) is 154 Å². The molecule has 5 atom stereocenters. The molecule has 1 aliphatic carbocycles. The fourth-order valence-corrected chi connectivity index (χ4v) is 13.8. The first kappa shape index (κ1) is 53.7. The molecule has 4 aromatic rings. The monoisotopic (exact) mass is 1030 g/mol. The molecule has 0 aromatic heterocycles. The van der Waals surface area contributed by atoms with Gasteiger partial charge in [0, 0.05) is 47.5 Å². The van der Waals surface area contributed by atoms with Crippen LogP contribution >= 0.6 is 0 Å². The summed E-state index contributed by atoms with van der Waals surface area (Å²) in [5.74, 6) is -0.753. The summed E-state index contributed by atoms with van der Waals surface area (Å²) in [6, 6.07) is 21.2. The van der Waals surface area contributed by atoms with Crippen LogP contribution in [0.3, 0.4) is 0 Å². The van der Waals surface area contributed by atoms with Crippen molar-refractivity contribution >= 4 is 58.9 Å². The van der Waals surface area contributed by atoms with Gasteiger partial charge in [-0.1, -0.05) is 87.9 Å².